The van der Waals surface area contributed by atoms with Gasteiger partial charge in [-0.3, -0.25) is 4.79 Å². The maximum atomic E-state index is 12.3. The summed E-state index contributed by atoms with van der Waals surface area (Å²) in [4.78, 5) is 12.3. The van der Waals surface area contributed by atoms with Gasteiger partial charge in [0.15, 0.2) is 6.79 Å². The van der Waals surface area contributed by atoms with E-state index in [1.807, 2.05) is 42.5 Å². The maximum absolute atomic E-state index is 12.3. The lowest BCUT2D eigenvalue weighted by Gasteiger charge is -2.28. The summed E-state index contributed by atoms with van der Waals surface area (Å²) in [7, 11) is 0. The molecule has 0 aliphatic heterocycles. The van der Waals surface area contributed by atoms with Crippen molar-refractivity contribution in [2.24, 2.45) is 11.8 Å². The van der Waals surface area contributed by atoms with Crippen LogP contribution in [0.2, 0.25) is 0 Å². The first-order chi connectivity index (χ1) is 15.8. The van der Waals surface area contributed by atoms with E-state index in [-0.39, 0.29) is 11.9 Å². The molecule has 2 fully saturated rings. The van der Waals surface area contributed by atoms with Crippen LogP contribution in [0, 0.1) is 11.8 Å². The summed E-state index contributed by atoms with van der Waals surface area (Å²) in [6.07, 6.45) is 12.7. The van der Waals surface area contributed by atoms with Crippen LogP contribution in [0.5, 0.6) is 11.5 Å². The van der Waals surface area contributed by atoms with E-state index in [1.165, 1.54) is 31.2 Å². The van der Waals surface area contributed by atoms with Crippen molar-refractivity contribution in [3.8, 4) is 11.5 Å². The van der Waals surface area contributed by atoms with E-state index in [4.69, 9.17) is 14.2 Å². The average molecular weight is 437 g/mol. The first-order valence-corrected chi connectivity index (χ1v) is 12.4. The van der Waals surface area contributed by atoms with Crippen molar-refractivity contribution >= 4 is 5.97 Å². The van der Waals surface area contributed by atoms with Crippen molar-refractivity contribution < 1.29 is 19.0 Å². The second-order valence-corrected chi connectivity index (χ2v) is 9.32. The van der Waals surface area contributed by atoms with Gasteiger partial charge in [0.05, 0.1) is 12.0 Å². The summed E-state index contributed by atoms with van der Waals surface area (Å²) in [5, 5.41) is 0. The van der Waals surface area contributed by atoms with Crippen LogP contribution in [-0.4, -0.2) is 18.9 Å². The Balaban J connectivity index is 1.11. The van der Waals surface area contributed by atoms with Crippen LogP contribution < -0.4 is 9.47 Å². The molecular formula is C28H36O4. The lowest BCUT2D eigenvalue weighted by Crippen LogP contribution is -2.23. The molecule has 2 saturated carbocycles. The Morgan fingerprint density at radius 3 is 2.22 bits per heavy atom. The Morgan fingerprint density at radius 1 is 0.781 bits per heavy atom. The fourth-order valence-corrected chi connectivity index (χ4v) is 4.93. The number of carbonyl (C=O) groups is 1. The van der Waals surface area contributed by atoms with Crippen molar-refractivity contribution in [3.05, 3.63) is 60.2 Å². The minimum Gasteiger partial charge on any atom is -0.468 e. The SMILES string of the molecule is O=C(Oc1ccc(CCC2CCC(OCOc3ccccc3)CC2)cc1)C1CCCCC1. The number of ether oxygens (including phenoxy) is 3. The number of hydrogen-bond acceptors (Lipinski definition) is 4. The van der Waals surface area contributed by atoms with Crippen LogP contribution in [-0.2, 0) is 16.0 Å². The van der Waals surface area contributed by atoms with E-state index in [2.05, 4.69) is 12.1 Å². The van der Waals surface area contributed by atoms with Crippen molar-refractivity contribution in [1.29, 1.82) is 0 Å². The molecule has 0 bridgehead atoms. The van der Waals surface area contributed by atoms with Gasteiger partial charge in [-0.05, 0) is 87.1 Å². The highest BCUT2D eigenvalue weighted by molar-refractivity contribution is 5.75. The smallest absolute Gasteiger partial charge is 0.314 e. The molecule has 0 N–H and O–H groups in total. The Morgan fingerprint density at radius 2 is 1.50 bits per heavy atom. The summed E-state index contributed by atoms with van der Waals surface area (Å²) >= 11 is 0. The molecule has 4 nitrogen and oxygen atoms in total. The molecule has 172 valence electrons. The summed E-state index contributed by atoms with van der Waals surface area (Å²) in [5.41, 5.74) is 1.32. The highest BCUT2D eigenvalue weighted by Gasteiger charge is 2.23. The predicted molar refractivity (Wildman–Crippen MR) is 126 cm³/mol. The Labute approximate surface area is 192 Å². The molecule has 0 atom stereocenters. The van der Waals surface area contributed by atoms with Gasteiger partial charge in [-0.25, -0.2) is 0 Å². The zero-order valence-corrected chi connectivity index (χ0v) is 19.0. The van der Waals surface area contributed by atoms with Gasteiger partial charge < -0.3 is 14.2 Å². The van der Waals surface area contributed by atoms with E-state index >= 15 is 0 Å². The summed E-state index contributed by atoms with van der Waals surface area (Å²) in [6.45, 7) is 0.330. The van der Waals surface area contributed by atoms with Crippen LogP contribution >= 0.6 is 0 Å². The monoisotopic (exact) mass is 436 g/mol. The fourth-order valence-electron chi connectivity index (χ4n) is 4.93. The van der Waals surface area contributed by atoms with Crippen LogP contribution in [0.25, 0.3) is 0 Å². The number of hydrogen-bond donors (Lipinski definition) is 0. The highest BCUT2D eigenvalue weighted by Crippen LogP contribution is 2.30. The third kappa shape index (κ3) is 7.09. The molecule has 2 aliphatic carbocycles. The molecule has 2 aromatic rings. The van der Waals surface area contributed by atoms with Crippen LogP contribution in [0.3, 0.4) is 0 Å². The van der Waals surface area contributed by atoms with E-state index in [1.54, 1.807) is 0 Å². The number of esters is 1. The van der Waals surface area contributed by atoms with Gasteiger partial charge in [-0.2, -0.15) is 0 Å². The van der Waals surface area contributed by atoms with Crippen LogP contribution in [0.1, 0.15) is 69.8 Å². The predicted octanol–water partition coefficient (Wildman–Crippen LogP) is 6.72. The molecule has 0 amide bonds. The molecule has 4 heteroatoms. The number of para-hydroxylation sites is 1. The summed E-state index contributed by atoms with van der Waals surface area (Å²) in [5.74, 6) is 2.34. The lowest BCUT2D eigenvalue weighted by molar-refractivity contribution is -0.139. The van der Waals surface area contributed by atoms with E-state index in [9.17, 15) is 4.79 Å². The van der Waals surface area contributed by atoms with Gasteiger partial charge in [0.1, 0.15) is 11.5 Å². The van der Waals surface area contributed by atoms with Crippen molar-refractivity contribution in [1.82, 2.24) is 0 Å². The zero-order chi connectivity index (χ0) is 22.0. The third-order valence-electron chi connectivity index (χ3n) is 6.99. The first kappa shape index (κ1) is 22.8. The normalized spacial score (nSPS) is 21.8. The van der Waals surface area contributed by atoms with Crippen LogP contribution in [0.15, 0.2) is 54.6 Å². The van der Waals surface area contributed by atoms with Crippen molar-refractivity contribution in [2.45, 2.75) is 76.7 Å². The van der Waals surface area contributed by atoms with Crippen molar-refractivity contribution in [2.75, 3.05) is 6.79 Å². The summed E-state index contributed by atoms with van der Waals surface area (Å²) < 4.78 is 17.2. The molecule has 0 saturated heterocycles. The summed E-state index contributed by atoms with van der Waals surface area (Å²) in [6, 6.07) is 18.0. The average Bonchev–Trinajstić information content (AvgIpc) is 2.85. The highest BCUT2D eigenvalue weighted by atomic mass is 16.7. The number of carbonyl (C=O) groups excluding carboxylic acids is 1. The second kappa shape index (κ2) is 12.1. The van der Waals surface area contributed by atoms with Gasteiger partial charge in [-0.15, -0.1) is 0 Å². The molecule has 0 aromatic heterocycles. The fraction of sp³-hybridized carbons (Fsp3) is 0.536. The largest absolute Gasteiger partial charge is 0.468 e. The number of benzene rings is 2. The molecule has 0 unspecified atom stereocenters. The van der Waals surface area contributed by atoms with Crippen LogP contribution in [0.4, 0.5) is 0 Å². The lowest BCUT2D eigenvalue weighted by atomic mass is 9.84. The van der Waals surface area contributed by atoms with Crippen molar-refractivity contribution in [3.63, 3.8) is 0 Å². The van der Waals surface area contributed by atoms with Gasteiger partial charge in [-0.1, -0.05) is 49.6 Å². The molecular weight excluding hydrogens is 400 g/mol. The van der Waals surface area contributed by atoms with Gasteiger partial charge >= 0.3 is 5.97 Å². The van der Waals surface area contributed by atoms with Gasteiger partial charge in [0.2, 0.25) is 0 Å². The Kier molecular flexibility index (Phi) is 8.61. The minimum atomic E-state index is -0.0504. The van der Waals surface area contributed by atoms with Gasteiger partial charge in [0, 0.05) is 0 Å². The van der Waals surface area contributed by atoms with E-state index in [0.29, 0.717) is 18.6 Å². The number of rotatable bonds is 9. The third-order valence-corrected chi connectivity index (χ3v) is 6.99. The van der Waals surface area contributed by atoms with E-state index < -0.39 is 0 Å². The molecule has 4 rings (SSSR count). The molecule has 2 aromatic carbocycles. The second-order valence-electron chi connectivity index (χ2n) is 9.32. The number of aryl methyl sites for hydroxylation is 1. The van der Waals surface area contributed by atoms with E-state index in [0.717, 1.165) is 56.6 Å². The first-order valence-electron chi connectivity index (χ1n) is 12.4. The maximum Gasteiger partial charge on any atom is 0.314 e. The topological polar surface area (TPSA) is 44.8 Å². The molecule has 0 radical (unpaired) electrons. The quantitative estimate of drug-likeness (QED) is 0.249. The molecule has 0 spiro atoms. The molecule has 32 heavy (non-hydrogen) atoms. The minimum absolute atomic E-state index is 0.0504. The zero-order valence-electron chi connectivity index (χ0n) is 19.0. The Bertz CT molecular complexity index is 803. The van der Waals surface area contributed by atoms with Gasteiger partial charge in [0.25, 0.3) is 0 Å². The molecule has 0 heterocycles. The molecule has 2 aliphatic rings. The Hall–Kier alpha value is -2.33. The standard InChI is InChI=1S/C28H36O4/c29-28(24-7-3-1-4-8-24)32-27-19-15-23(16-20-27)12-11-22-13-17-26(18-14-22)31-21-30-25-9-5-2-6-10-25/h2,5-6,9-10,15-16,19-20,22,24,26H,1,3-4,7-8,11-14,17-18,21H2.